The maximum atomic E-state index is 12.6. The molecule has 4 aromatic rings. The van der Waals surface area contributed by atoms with Gasteiger partial charge >= 0.3 is 0 Å². The predicted molar refractivity (Wildman–Crippen MR) is 135 cm³/mol. The second-order valence-electron chi connectivity index (χ2n) is 6.96. The maximum absolute atomic E-state index is 12.6. The summed E-state index contributed by atoms with van der Waals surface area (Å²) < 4.78 is 12.9. The number of benzene rings is 2. The zero-order valence-corrected chi connectivity index (χ0v) is 21.5. The lowest BCUT2D eigenvalue weighted by atomic mass is 10.2. The third-order valence-electron chi connectivity index (χ3n) is 4.54. The van der Waals surface area contributed by atoms with Gasteiger partial charge in [-0.15, -0.1) is 0 Å². The van der Waals surface area contributed by atoms with Crippen molar-refractivity contribution in [3.8, 4) is 5.75 Å². The Kier molecular flexibility index (Phi) is 7.87. The number of nitrogens with zero attached hydrogens (tertiary/aromatic N) is 2. The monoisotopic (exact) mass is 577 g/mol. The lowest BCUT2D eigenvalue weighted by Crippen LogP contribution is -2.10. The summed E-state index contributed by atoms with van der Waals surface area (Å²) in [5.41, 5.74) is 1.48. The average molecular weight is 580 g/mol. The minimum absolute atomic E-state index is 0.0142. The highest BCUT2D eigenvalue weighted by Crippen LogP contribution is 2.48. The average Bonchev–Trinajstić information content (AvgIpc) is 3.46. The zero-order chi connectivity index (χ0) is 24.4. The van der Waals surface area contributed by atoms with E-state index in [1.165, 1.54) is 12.3 Å². The first kappa shape index (κ1) is 25.0. The lowest BCUT2D eigenvalue weighted by Gasteiger charge is -2.12. The van der Waals surface area contributed by atoms with E-state index in [0.717, 1.165) is 5.56 Å². The van der Waals surface area contributed by atoms with Gasteiger partial charge in [-0.05, 0) is 29.8 Å². The van der Waals surface area contributed by atoms with Crippen molar-refractivity contribution in [1.29, 1.82) is 0 Å². The van der Waals surface area contributed by atoms with E-state index in [4.69, 9.17) is 78.8 Å². The normalized spacial score (nSPS) is 11.0. The van der Waals surface area contributed by atoms with E-state index in [2.05, 4.69) is 10.4 Å². The van der Waals surface area contributed by atoms with Crippen LogP contribution in [0.5, 0.6) is 5.75 Å². The van der Waals surface area contributed by atoms with Gasteiger partial charge in [-0.25, -0.2) is 0 Å². The van der Waals surface area contributed by atoms with Gasteiger partial charge in [0.15, 0.2) is 11.5 Å². The van der Waals surface area contributed by atoms with Crippen LogP contribution in [0.1, 0.15) is 21.9 Å². The molecular weight excluding hydrogens is 567 g/mol. The van der Waals surface area contributed by atoms with E-state index in [1.54, 1.807) is 23.0 Å². The molecule has 0 radical (unpaired) electrons. The van der Waals surface area contributed by atoms with Crippen molar-refractivity contribution in [3.05, 3.63) is 96.0 Å². The Balaban J connectivity index is 1.38. The Morgan fingerprint density at radius 2 is 1.68 bits per heavy atom. The van der Waals surface area contributed by atoms with Crippen molar-refractivity contribution < 1.29 is 13.9 Å². The quantitative estimate of drug-likeness (QED) is 0.177. The van der Waals surface area contributed by atoms with E-state index in [9.17, 15) is 4.79 Å². The molecular formula is C22H13Cl6N3O3. The highest BCUT2D eigenvalue weighted by atomic mass is 35.5. The molecule has 12 heteroatoms. The number of hydrogen-bond donors (Lipinski definition) is 1. The number of rotatable bonds is 7. The molecule has 1 amide bonds. The fraction of sp³-hybridized carbons (Fsp3) is 0.0909. The summed E-state index contributed by atoms with van der Waals surface area (Å²) in [5.74, 6) is 0.0149. The van der Waals surface area contributed by atoms with Gasteiger partial charge in [0.1, 0.15) is 22.4 Å². The molecule has 0 aliphatic heterocycles. The van der Waals surface area contributed by atoms with E-state index >= 15 is 0 Å². The second kappa shape index (κ2) is 10.7. The van der Waals surface area contributed by atoms with E-state index < -0.39 is 5.91 Å². The molecule has 0 atom stereocenters. The largest absolute Gasteiger partial charge is 0.482 e. The molecule has 6 nitrogen and oxygen atoms in total. The summed E-state index contributed by atoms with van der Waals surface area (Å²) in [6, 6.07) is 10.5. The predicted octanol–water partition coefficient (Wildman–Crippen LogP) is 8.28. The van der Waals surface area contributed by atoms with Crippen molar-refractivity contribution in [2.45, 2.75) is 13.2 Å². The minimum Gasteiger partial charge on any atom is -0.482 e. The highest BCUT2D eigenvalue weighted by Gasteiger charge is 2.21. The van der Waals surface area contributed by atoms with E-state index in [0.29, 0.717) is 23.0 Å². The van der Waals surface area contributed by atoms with Crippen LogP contribution < -0.4 is 10.1 Å². The molecule has 2 aromatic carbocycles. The lowest BCUT2D eigenvalue weighted by molar-refractivity contribution is 0.0992. The molecule has 34 heavy (non-hydrogen) atoms. The Hall–Kier alpha value is -2.06. The van der Waals surface area contributed by atoms with Gasteiger partial charge in [-0.2, -0.15) is 5.10 Å². The smallest absolute Gasteiger partial charge is 0.291 e. The van der Waals surface area contributed by atoms with Gasteiger partial charge in [0.25, 0.3) is 5.91 Å². The topological polar surface area (TPSA) is 69.3 Å². The van der Waals surface area contributed by atoms with Gasteiger partial charge < -0.3 is 14.5 Å². The van der Waals surface area contributed by atoms with Crippen LogP contribution in [-0.2, 0) is 13.2 Å². The van der Waals surface area contributed by atoms with Crippen molar-refractivity contribution >= 4 is 81.2 Å². The molecule has 0 spiro atoms. The van der Waals surface area contributed by atoms with Crippen LogP contribution in [0, 0.1) is 0 Å². The molecule has 0 fully saturated rings. The molecule has 2 aromatic heterocycles. The maximum Gasteiger partial charge on any atom is 0.291 e. The molecule has 0 unspecified atom stereocenters. The van der Waals surface area contributed by atoms with E-state index in [-0.39, 0.29) is 43.2 Å². The van der Waals surface area contributed by atoms with Crippen LogP contribution in [0.25, 0.3) is 0 Å². The van der Waals surface area contributed by atoms with Crippen LogP contribution in [0.4, 0.5) is 5.69 Å². The summed E-state index contributed by atoms with van der Waals surface area (Å²) in [7, 11) is 0. The standard InChI is InChI=1S/C22H13Cl6N3O3/c23-12-3-1-2-11(6-12)8-31-9-13(7-29-31)30-22(32)15-5-4-14(34-15)10-33-21-19(27)17(25)16(24)18(26)20(21)28/h1-7,9H,8,10H2,(H,30,32). The Morgan fingerprint density at radius 1 is 0.971 bits per heavy atom. The summed E-state index contributed by atoms with van der Waals surface area (Å²) in [5, 5.41) is 7.70. The van der Waals surface area contributed by atoms with Crippen molar-refractivity contribution in [2.75, 3.05) is 5.32 Å². The molecule has 0 saturated carbocycles. The molecule has 176 valence electrons. The van der Waals surface area contributed by atoms with Crippen LogP contribution in [0.2, 0.25) is 30.1 Å². The first-order chi connectivity index (χ1) is 16.2. The van der Waals surface area contributed by atoms with Gasteiger partial charge in [-0.3, -0.25) is 9.48 Å². The van der Waals surface area contributed by atoms with Gasteiger partial charge in [0.05, 0.1) is 33.5 Å². The Morgan fingerprint density at radius 3 is 2.38 bits per heavy atom. The first-order valence-corrected chi connectivity index (χ1v) is 11.8. The van der Waals surface area contributed by atoms with Crippen LogP contribution in [0.15, 0.2) is 53.2 Å². The molecule has 2 heterocycles. The van der Waals surface area contributed by atoms with Crippen LogP contribution in [0.3, 0.4) is 0 Å². The molecule has 4 rings (SSSR count). The summed E-state index contributed by atoms with van der Waals surface area (Å²) in [6.45, 7) is 0.418. The van der Waals surface area contributed by atoms with Gasteiger partial charge in [-0.1, -0.05) is 81.7 Å². The van der Waals surface area contributed by atoms with Crippen molar-refractivity contribution in [3.63, 3.8) is 0 Å². The summed E-state index contributed by atoms with van der Waals surface area (Å²) in [4.78, 5) is 12.6. The fourth-order valence-electron chi connectivity index (χ4n) is 2.96. The number of carbonyl (C=O) groups excluding carboxylic acids is 1. The number of halogens is 6. The highest BCUT2D eigenvalue weighted by molar-refractivity contribution is 6.55. The number of carbonyl (C=O) groups is 1. The number of ether oxygens (including phenoxy) is 1. The van der Waals surface area contributed by atoms with Crippen molar-refractivity contribution in [2.24, 2.45) is 0 Å². The summed E-state index contributed by atoms with van der Waals surface area (Å²) in [6.07, 6.45) is 3.23. The van der Waals surface area contributed by atoms with Gasteiger partial charge in [0, 0.05) is 11.2 Å². The summed E-state index contributed by atoms with van der Waals surface area (Å²) >= 11 is 36.4. The number of anilines is 1. The minimum atomic E-state index is -0.456. The van der Waals surface area contributed by atoms with Crippen LogP contribution in [-0.4, -0.2) is 15.7 Å². The number of nitrogens with one attached hydrogen (secondary N) is 1. The zero-order valence-electron chi connectivity index (χ0n) is 16.9. The first-order valence-electron chi connectivity index (χ1n) is 9.54. The molecule has 0 bridgehead atoms. The number of furan rings is 1. The SMILES string of the molecule is O=C(Nc1cnn(Cc2cccc(Cl)c2)c1)c1ccc(COc2c(Cl)c(Cl)c(Cl)c(Cl)c2Cl)o1. The third kappa shape index (κ3) is 5.60. The number of hydrogen-bond acceptors (Lipinski definition) is 4. The Labute approximate surface area is 224 Å². The number of amides is 1. The molecule has 1 N–H and O–H groups in total. The third-order valence-corrected chi connectivity index (χ3v) is 7.02. The van der Waals surface area contributed by atoms with Crippen molar-refractivity contribution in [1.82, 2.24) is 9.78 Å². The number of aromatic nitrogens is 2. The fourth-order valence-corrected chi connectivity index (χ4v) is 4.41. The molecule has 0 saturated heterocycles. The Bertz CT molecular complexity index is 1340. The molecule has 0 aliphatic rings. The second-order valence-corrected chi connectivity index (χ2v) is 9.29. The van der Waals surface area contributed by atoms with Crippen LogP contribution >= 0.6 is 69.6 Å². The molecule has 0 aliphatic carbocycles. The van der Waals surface area contributed by atoms with E-state index in [1.807, 2.05) is 18.2 Å². The van der Waals surface area contributed by atoms with Gasteiger partial charge in [0.2, 0.25) is 0 Å².